The standard InChI is InChI=1S/C22H27Cl2NO6/c1-6-31-21(27)18-15(10-30-11-22(3,4)28)25-12(2)16(20(26)29-5)17(18)13-8-7-9-14(23)19(13)24/h7-9,17,25,28H,6,10-11H2,1-5H3. The van der Waals surface area contributed by atoms with Crippen molar-refractivity contribution in [2.24, 2.45) is 0 Å². The molecule has 1 aliphatic heterocycles. The van der Waals surface area contributed by atoms with Crippen LogP contribution in [0.3, 0.4) is 0 Å². The average molecular weight is 472 g/mol. The molecule has 1 atom stereocenters. The highest BCUT2D eigenvalue weighted by Gasteiger charge is 2.40. The van der Waals surface area contributed by atoms with E-state index in [0.717, 1.165) is 0 Å². The van der Waals surface area contributed by atoms with Crippen LogP contribution in [0.25, 0.3) is 0 Å². The van der Waals surface area contributed by atoms with Crippen LogP contribution in [0.5, 0.6) is 0 Å². The summed E-state index contributed by atoms with van der Waals surface area (Å²) in [5, 5.41) is 13.5. The lowest BCUT2D eigenvalue weighted by atomic mass is 9.80. The highest BCUT2D eigenvalue weighted by molar-refractivity contribution is 6.42. The first kappa shape index (κ1) is 25.2. The van der Waals surface area contributed by atoms with Crippen molar-refractivity contribution in [3.05, 3.63) is 56.3 Å². The molecule has 0 aliphatic carbocycles. The SMILES string of the molecule is CCOC(=O)C1=C(COCC(C)(C)O)NC(C)=C(C(=O)OC)C1c1cccc(Cl)c1Cl. The smallest absolute Gasteiger partial charge is 0.336 e. The molecule has 1 aliphatic rings. The minimum atomic E-state index is -1.06. The number of nitrogens with one attached hydrogen (secondary N) is 1. The summed E-state index contributed by atoms with van der Waals surface area (Å²) in [6.07, 6.45) is 0. The third-order valence-corrected chi connectivity index (χ3v) is 5.37. The van der Waals surface area contributed by atoms with Gasteiger partial charge in [-0.2, -0.15) is 0 Å². The summed E-state index contributed by atoms with van der Waals surface area (Å²) in [5.41, 5.74) is 0.640. The van der Waals surface area contributed by atoms with Gasteiger partial charge in [-0.25, -0.2) is 9.59 Å². The van der Waals surface area contributed by atoms with E-state index in [-0.39, 0.29) is 41.0 Å². The molecule has 7 nitrogen and oxygen atoms in total. The van der Waals surface area contributed by atoms with Crippen LogP contribution in [0.2, 0.25) is 10.0 Å². The van der Waals surface area contributed by atoms with Gasteiger partial charge in [0, 0.05) is 5.70 Å². The van der Waals surface area contributed by atoms with Crippen molar-refractivity contribution in [3.8, 4) is 0 Å². The molecule has 2 rings (SSSR count). The normalized spacial score (nSPS) is 16.8. The Kier molecular flexibility index (Phi) is 8.54. The Labute approximate surface area is 191 Å². The Balaban J connectivity index is 2.69. The lowest BCUT2D eigenvalue weighted by Gasteiger charge is -2.32. The predicted molar refractivity (Wildman–Crippen MR) is 118 cm³/mol. The Morgan fingerprint density at radius 2 is 1.87 bits per heavy atom. The van der Waals surface area contributed by atoms with Gasteiger partial charge in [0.25, 0.3) is 0 Å². The fraction of sp³-hybridized carbons (Fsp3) is 0.455. The fourth-order valence-electron chi connectivity index (χ4n) is 3.30. The number of allylic oxidation sites excluding steroid dienone is 1. The van der Waals surface area contributed by atoms with E-state index < -0.39 is 23.5 Å². The van der Waals surface area contributed by atoms with Gasteiger partial charge in [-0.05, 0) is 39.3 Å². The van der Waals surface area contributed by atoms with Crippen molar-refractivity contribution in [1.29, 1.82) is 0 Å². The number of carbonyl (C=O) groups excluding carboxylic acids is 2. The number of dihydropyridines is 1. The second-order valence-corrected chi connectivity index (χ2v) is 8.43. The molecule has 0 saturated heterocycles. The van der Waals surface area contributed by atoms with Gasteiger partial charge in [0.2, 0.25) is 0 Å². The summed E-state index contributed by atoms with van der Waals surface area (Å²) >= 11 is 12.7. The number of rotatable bonds is 8. The van der Waals surface area contributed by atoms with E-state index in [0.29, 0.717) is 17.0 Å². The second-order valence-electron chi connectivity index (χ2n) is 7.65. The summed E-state index contributed by atoms with van der Waals surface area (Å²) < 4.78 is 15.9. The topological polar surface area (TPSA) is 94.1 Å². The number of esters is 2. The summed E-state index contributed by atoms with van der Waals surface area (Å²) in [5.74, 6) is -2.14. The number of ether oxygens (including phenoxy) is 3. The van der Waals surface area contributed by atoms with Crippen molar-refractivity contribution in [3.63, 3.8) is 0 Å². The van der Waals surface area contributed by atoms with Crippen molar-refractivity contribution in [1.82, 2.24) is 5.32 Å². The Morgan fingerprint density at radius 1 is 1.19 bits per heavy atom. The summed E-state index contributed by atoms with van der Waals surface area (Å²) in [6, 6.07) is 4.99. The zero-order chi connectivity index (χ0) is 23.3. The molecule has 1 aromatic carbocycles. The molecule has 31 heavy (non-hydrogen) atoms. The minimum Gasteiger partial charge on any atom is -0.466 e. The maximum atomic E-state index is 13.0. The first-order chi connectivity index (χ1) is 14.5. The zero-order valence-electron chi connectivity index (χ0n) is 18.2. The number of hydrogen-bond donors (Lipinski definition) is 2. The number of methoxy groups -OCH3 is 1. The van der Waals surface area contributed by atoms with Gasteiger partial charge in [-0.1, -0.05) is 35.3 Å². The molecule has 0 fully saturated rings. The maximum absolute atomic E-state index is 13.0. The molecule has 0 spiro atoms. The fourth-order valence-corrected chi connectivity index (χ4v) is 3.71. The molecule has 0 radical (unpaired) electrons. The van der Waals surface area contributed by atoms with E-state index in [9.17, 15) is 14.7 Å². The van der Waals surface area contributed by atoms with Crippen LogP contribution in [0.15, 0.2) is 40.7 Å². The first-order valence-electron chi connectivity index (χ1n) is 9.72. The molecule has 170 valence electrons. The third kappa shape index (κ3) is 6.01. The van der Waals surface area contributed by atoms with Crippen LogP contribution in [0, 0.1) is 0 Å². The monoisotopic (exact) mass is 471 g/mol. The number of carbonyl (C=O) groups is 2. The Hall–Kier alpha value is -2.06. The van der Waals surface area contributed by atoms with Crippen LogP contribution in [0.4, 0.5) is 0 Å². The van der Waals surface area contributed by atoms with Crippen LogP contribution in [0.1, 0.15) is 39.2 Å². The van der Waals surface area contributed by atoms with Crippen molar-refractivity contribution < 1.29 is 28.9 Å². The lowest BCUT2D eigenvalue weighted by molar-refractivity contribution is -0.139. The number of halogens is 2. The third-order valence-electron chi connectivity index (χ3n) is 4.54. The Morgan fingerprint density at radius 3 is 2.45 bits per heavy atom. The van der Waals surface area contributed by atoms with E-state index in [2.05, 4.69) is 5.32 Å². The summed E-state index contributed by atoms with van der Waals surface area (Å²) in [7, 11) is 1.26. The molecule has 0 saturated carbocycles. The van der Waals surface area contributed by atoms with Gasteiger partial charge in [-0.3, -0.25) is 0 Å². The average Bonchev–Trinajstić information content (AvgIpc) is 2.68. The van der Waals surface area contributed by atoms with Gasteiger partial charge in [0.05, 0.1) is 65.3 Å². The van der Waals surface area contributed by atoms with Gasteiger partial charge in [0.1, 0.15) is 0 Å². The van der Waals surface area contributed by atoms with Gasteiger partial charge < -0.3 is 24.6 Å². The van der Waals surface area contributed by atoms with E-state index in [1.54, 1.807) is 45.9 Å². The van der Waals surface area contributed by atoms with Crippen LogP contribution in [-0.2, 0) is 23.8 Å². The Bertz CT molecular complexity index is 917. The van der Waals surface area contributed by atoms with E-state index >= 15 is 0 Å². The lowest BCUT2D eigenvalue weighted by Crippen LogP contribution is -2.35. The maximum Gasteiger partial charge on any atom is 0.336 e. The van der Waals surface area contributed by atoms with Gasteiger partial charge in [-0.15, -0.1) is 0 Å². The number of hydrogen-bond acceptors (Lipinski definition) is 7. The van der Waals surface area contributed by atoms with E-state index in [4.69, 9.17) is 37.4 Å². The molecular formula is C22H27Cl2NO6. The van der Waals surface area contributed by atoms with Crippen molar-refractivity contribution >= 4 is 35.1 Å². The number of benzene rings is 1. The van der Waals surface area contributed by atoms with E-state index in [1.165, 1.54) is 7.11 Å². The second kappa shape index (κ2) is 10.5. The van der Waals surface area contributed by atoms with Gasteiger partial charge in [0.15, 0.2) is 0 Å². The molecule has 2 N–H and O–H groups in total. The predicted octanol–water partition coefficient (Wildman–Crippen LogP) is 3.73. The molecule has 1 heterocycles. The van der Waals surface area contributed by atoms with Crippen LogP contribution in [-0.4, -0.2) is 49.6 Å². The molecular weight excluding hydrogens is 445 g/mol. The van der Waals surface area contributed by atoms with Crippen molar-refractivity contribution in [2.75, 3.05) is 26.9 Å². The van der Waals surface area contributed by atoms with Crippen molar-refractivity contribution in [2.45, 2.75) is 39.2 Å². The molecule has 0 aromatic heterocycles. The first-order valence-corrected chi connectivity index (χ1v) is 10.5. The minimum absolute atomic E-state index is 0.0292. The summed E-state index contributed by atoms with van der Waals surface area (Å²) in [6.45, 7) is 6.72. The highest BCUT2D eigenvalue weighted by atomic mass is 35.5. The zero-order valence-corrected chi connectivity index (χ0v) is 19.7. The molecule has 1 unspecified atom stereocenters. The highest BCUT2D eigenvalue weighted by Crippen LogP contribution is 2.43. The molecule has 0 bridgehead atoms. The number of aliphatic hydroxyl groups is 1. The molecule has 0 amide bonds. The van der Waals surface area contributed by atoms with Crippen LogP contribution < -0.4 is 5.32 Å². The van der Waals surface area contributed by atoms with Crippen LogP contribution >= 0.6 is 23.2 Å². The quantitative estimate of drug-likeness (QED) is 0.557. The van der Waals surface area contributed by atoms with E-state index in [1.807, 2.05) is 0 Å². The molecule has 1 aromatic rings. The molecule has 9 heteroatoms. The van der Waals surface area contributed by atoms with Gasteiger partial charge >= 0.3 is 11.9 Å². The summed E-state index contributed by atoms with van der Waals surface area (Å²) in [4.78, 5) is 25.7. The largest absolute Gasteiger partial charge is 0.466 e.